The maximum Gasteiger partial charge on any atom is 0.243 e. The maximum absolute atomic E-state index is 13.0. The molecule has 0 radical (unpaired) electrons. The minimum atomic E-state index is -3.63. The molecule has 0 unspecified atom stereocenters. The second kappa shape index (κ2) is 8.58. The van der Waals surface area contributed by atoms with Gasteiger partial charge in [-0.15, -0.1) is 0 Å². The number of methoxy groups -OCH3 is 1. The summed E-state index contributed by atoms with van der Waals surface area (Å²) in [5.41, 5.74) is 0.765. The molecule has 1 N–H and O–H groups in total. The number of hydrogen-bond acceptors (Lipinski definition) is 5. The van der Waals surface area contributed by atoms with Gasteiger partial charge in [0.25, 0.3) is 0 Å². The lowest BCUT2D eigenvalue weighted by molar-refractivity contribution is -0.126. The zero-order valence-corrected chi connectivity index (χ0v) is 16.8. The smallest absolute Gasteiger partial charge is 0.243 e. The molecule has 2 fully saturated rings. The molecule has 2 saturated heterocycles. The Morgan fingerprint density at radius 3 is 2.81 bits per heavy atom. The summed E-state index contributed by atoms with van der Waals surface area (Å²) in [5, 5.41) is 2.93. The number of nitrogens with one attached hydrogen (secondary N) is 1. The second-order valence-electron chi connectivity index (χ2n) is 7.21. The molecule has 0 saturated carbocycles. The van der Waals surface area contributed by atoms with E-state index in [1.165, 1.54) is 4.31 Å². The fourth-order valence-electron chi connectivity index (χ4n) is 3.70. The van der Waals surface area contributed by atoms with Crippen molar-refractivity contribution in [3.05, 3.63) is 23.8 Å². The quantitative estimate of drug-likeness (QED) is 0.791. The number of piperidine rings is 1. The summed E-state index contributed by atoms with van der Waals surface area (Å²) in [6, 6.07) is 4.84. The topological polar surface area (TPSA) is 84.9 Å². The molecule has 2 aliphatic heterocycles. The zero-order chi connectivity index (χ0) is 19.4. The monoisotopic (exact) mass is 396 g/mol. The van der Waals surface area contributed by atoms with Crippen molar-refractivity contribution in [1.29, 1.82) is 0 Å². The van der Waals surface area contributed by atoms with Gasteiger partial charge in [-0.2, -0.15) is 4.31 Å². The molecule has 27 heavy (non-hydrogen) atoms. The Hall–Kier alpha value is -1.64. The highest BCUT2D eigenvalue weighted by Crippen LogP contribution is 2.27. The van der Waals surface area contributed by atoms with Crippen LogP contribution in [0.1, 0.15) is 31.2 Å². The van der Waals surface area contributed by atoms with Crippen LogP contribution in [-0.4, -0.2) is 58.1 Å². The van der Waals surface area contributed by atoms with Gasteiger partial charge in [0.2, 0.25) is 15.9 Å². The number of rotatable bonds is 6. The van der Waals surface area contributed by atoms with Crippen molar-refractivity contribution < 1.29 is 22.7 Å². The summed E-state index contributed by atoms with van der Waals surface area (Å²) >= 11 is 0. The van der Waals surface area contributed by atoms with Gasteiger partial charge in [0.15, 0.2) is 0 Å². The number of sulfonamides is 1. The highest BCUT2D eigenvalue weighted by atomic mass is 32.2. The number of nitrogens with zero attached hydrogens (tertiary/aromatic N) is 1. The first-order valence-electron chi connectivity index (χ1n) is 9.46. The van der Waals surface area contributed by atoms with Gasteiger partial charge in [0.05, 0.1) is 24.0 Å². The average molecular weight is 397 g/mol. The van der Waals surface area contributed by atoms with E-state index in [4.69, 9.17) is 9.47 Å². The minimum Gasteiger partial charge on any atom is -0.496 e. The average Bonchev–Trinajstić information content (AvgIpc) is 3.19. The Labute approximate surface area is 161 Å². The van der Waals surface area contributed by atoms with E-state index in [1.807, 2.05) is 6.92 Å². The Bertz CT molecular complexity index is 774. The first-order valence-corrected chi connectivity index (χ1v) is 10.9. The van der Waals surface area contributed by atoms with Crippen molar-refractivity contribution in [2.45, 2.75) is 43.6 Å². The summed E-state index contributed by atoms with van der Waals surface area (Å²) in [6.45, 7) is 3.71. The van der Waals surface area contributed by atoms with Gasteiger partial charge >= 0.3 is 0 Å². The number of carbonyl (C=O) groups is 1. The lowest BCUT2D eigenvalue weighted by Gasteiger charge is -2.31. The van der Waals surface area contributed by atoms with Crippen LogP contribution in [0.15, 0.2) is 23.1 Å². The van der Waals surface area contributed by atoms with E-state index in [9.17, 15) is 13.2 Å². The van der Waals surface area contributed by atoms with Crippen LogP contribution in [0.25, 0.3) is 0 Å². The summed E-state index contributed by atoms with van der Waals surface area (Å²) in [5.74, 6) is 0.240. The van der Waals surface area contributed by atoms with E-state index in [-0.39, 0.29) is 29.4 Å². The molecule has 0 aliphatic carbocycles. The van der Waals surface area contributed by atoms with Crippen molar-refractivity contribution in [3.8, 4) is 5.75 Å². The largest absolute Gasteiger partial charge is 0.496 e. The molecular weight excluding hydrogens is 368 g/mol. The highest BCUT2D eigenvalue weighted by Gasteiger charge is 2.33. The molecule has 7 nitrogen and oxygen atoms in total. The van der Waals surface area contributed by atoms with E-state index in [1.54, 1.807) is 25.3 Å². The fraction of sp³-hybridized carbons (Fsp3) is 0.632. The van der Waals surface area contributed by atoms with Gasteiger partial charge < -0.3 is 14.8 Å². The van der Waals surface area contributed by atoms with Gasteiger partial charge in [0, 0.05) is 26.2 Å². The number of amides is 1. The van der Waals surface area contributed by atoms with Crippen molar-refractivity contribution >= 4 is 15.9 Å². The van der Waals surface area contributed by atoms with Crippen LogP contribution < -0.4 is 10.1 Å². The van der Waals surface area contributed by atoms with Crippen molar-refractivity contribution in [1.82, 2.24) is 9.62 Å². The van der Waals surface area contributed by atoms with E-state index in [2.05, 4.69) is 5.32 Å². The second-order valence-corrected chi connectivity index (χ2v) is 9.15. The zero-order valence-electron chi connectivity index (χ0n) is 15.9. The van der Waals surface area contributed by atoms with E-state index in [0.29, 0.717) is 31.7 Å². The molecular formula is C19H28N2O5S. The van der Waals surface area contributed by atoms with Gasteiger partial charge in [-0.05, 0) is 56.4 Å². The Morgan fingerprint density at radius 1 is 1.33 bits per heavy atom. The SMILES string of the molecule is COc1ccc(S(=O)(=O)N2CCC[C@H](C(=O)NC[C@@H]3CCCO3)C2)cc1C. The highest BCUT2D eigenvalue weighted by molar-refractivity contribution is 7.89. The third-order valence-electron chi connectivity index (χ3n) is 5.29. The summed E-state index contributed by atoms with van der Waals surface area (Å²) in [6.07, 6.45) is 3.44. The fourth-order valence-corrected chi connectivity index (χ4v) is 5.31. The van der Waals surface area contributed by atoms with Gasteiger partial charge in [-0.1, -0.05) is 0 Å². The van der Waals surface area contributed by atoms with Crippen LogP contribution >= 0.6 is 0 Å². The lowest BCUT2D eigenvalue weighted by atomic mass is 9.99. The van der Waals surface area contributed by atoms with E-state index < -0.39 is 10.0 Å². The molecule has 2 heterocycles. The number of hydrogen-bond donors (Lipinski definition) is 1. The third-order valence-corrected chi connectivity index (χ3v) is 7.15. The first-order chi connectivity index (χ1) is 12.9. The van der Waals surface area contributed by atoms with E-state index >= 15 is 0 Å². The van der Waals surface area contributed by atoms with E-state index in [0.717, 1.165) is 25.0 Å². The van der Waals surface area contributed by atoms with Crippen LogP contribution in [0.3, 0.4) is 0 Å². The predicted molar refractivity (Wildman–Crippen MR) is 101 cm³/mol. The molecule has 0 aromatic heterocycles. The number of ether oxygens (including phenoxy) is 2. The number of carbonyl (C=O) groups excluding carboxylic acids is 1. The third kappa shape index (κ3) is 4.62. The summed E-state index contributed by atoms with van der Waals surface area (Å²) < 4.78 is 38.2. The molecule has 1 aromatic rings. The van der Waals surface area contributed by atoms with Crippen LogP contribution in [0, 0.1) is 12.8 Å². The Morgan fingerprint density at radius 2 is 2.15 bits per heavy atom. The molecule has 0 bridgehead atoms. The van der Waals surface area contributed by atoms with Crippen molar-refractivity contribution in [3.63, 3.8) is 0 Å². The molecule has 150 valence electrons. The van der Waals surface area contributed by atoms with Crippen LogP contribution in [0.5, 0.6) is 5.75 Å². The molecule has 8 heteroatoms. The maximum atomic E-state index is 13.0. The predicted octanol–water partition coefficient (Wildman–Crippen LogP) is 1.70. The van der Waals surface area contributed by atoms with Gasteiger partial charge in [-0.25, -0.2) is 8.42 Å². The number of benzene rings is 1. The molecule has 3 rings (SSSR count). The molecule has 2 aliphatic rings. The van der Waals surface area contributed by atoms with Crippen molar-refractivity contribution in [2.24, 2.45) is 5.92 Å². The first kappa shape index (κ1) is 20.1. The van der Waals surface area contributed by atoms with Crippen molar-refractivity contribution in [2.75, 3.05) is 33.4 Å². The minimum absolute atomic E-state index is 0.0830. The van der Waals surface area contributed by atoms with Gasteiger partial charge in [0.1, 0.15) is 5.75 Å². The lowest BCUT2D eigenvalue weighted by Crippen LogP contribution is -2.46. The molecule has 1 amide bonds. The molecule has 1 aromatic carbocycles. The summed E-state index contributed by atoms with van der Waals surface area (Å²) in [4.78, 5) is 12.7. The number of aryl methyl sites for hydroxylation is 1. The molecule has 2 atom stereocenters. The normalized spacial score (nSPS) is 23.9. The van der Waals surface area contributed by atoms with Crippen LogP contribution in [-0.2, 0) is 19.6 Å². The van der Waals surface area contributed by atoms with Gasteiger partial charge in [-0.3, -0.25) is 4.79 Å². The standard InChI is InChI=1S/C19H28N2O5S/c1-14-11-17(7-8-18(14)25-2)27(23,24)21-9-3-5-15(13-21)19(22)20-12-16-6-4-10-26-16/h7-8,11,15-16H,3-6,9-10,12-13H2,1-2H3,(H,20,22)/t15-,16-/m0/s1. The molecule has 0 spiro atoms. The Balaban J connectivity index is 1.65. The van der Waals surface area contributed by atoms with Crippen LogP contribution in [0.4, 0.5) is 0 Å². The Kier molecular flexibility index (Phi) is 6.39. The summed E-state index contributed by atoms with van der Waals surface area (Å²) in [7, 11) is -2.08. The van der Waals surface area contributed by atoms with Crippen LogP contribution in [0.2, 0.25) is 0 Å².